The van der Waals surface area contributed by atoms with E-state index in [1.165, 1.54) is 0 Å². The second-order valence-corrected chi connectivity index (χ2v) is 4.76. The van der Waals surface area contributed by atoms with Crippen LogP contribution in [0.4, 0.5) is 0 Å². The molecule has 0 saturated carbocycles. The molecule has 1 heterocycles. The molecule has 0 spiro atoms. The molecule has 1 fully saturated rings. The Morgan fingerprint density at radius 1 is 1.44 bits per heavy atom. The Balaban J connectivity index is 1.77. The lowest BCUT2D eigenvalue weighted by Crippen LogP contribution is -2.43. The number of ether oxygens (including phenoxy) is 1. The zero-order valence-corrected chi connectivity index (χ0v) is 11.0. The number of benzene rings is 1. The SMILES string of the molecule is C[C@@H]1C[C@H](NC(=S)NCc2ccccc2)C(=O)O1. The Bertz CT molecular complexity index is 436. The van der Waals surface area contributed by atoms with E-state index in [0.717, 1.165) is 5.56 Å². The quantitative estimate of drug-likeness (QED) is 0.637. The van der Waals surface area contributed by atoms with Crippen molar-refractivity contribution in [1.29, 1.82) is 0 Å². The van der Waals surface area contributed by atoms with Crippen LogP contribution in [0.15, 0.2) is 30.3 Å². The first-order chi connectivity index (χ1) is 8.65. The van der Waals surface area contributed by atoms with E-state index in [1.807, 2.05) is 37.3 Å². The minimum atomic E-state index is -0.323. The standard InChI is InChI=1S/C13H16N2O2S/c1-9-7-11(12(16)17-9)15-13(18)14-8-10-5-3-2-4-6-10/h2-6,9,11H,7-8H2,1H3,(H2,14,15,18)/t9-,11+/m1/s1. The van der Waals surface area contributed by atoms with E-state index in [2.05, 4.69) is 10.6 Å². The van der Waals surface area contributed by atoms with Crippen LogP contribution in [0.25, 0.3) is 0 Å². The van der Waals surface area contributed by atoms with Gasteiger partial charge >= 0.3 is 5.97 Å². The van der Waals surface area contributed by atoms with E-state index in [-0.39, 0.29) is 18.1 Å². The normalized spacial score (nSPS) is 22.4. The maximum absolute atomic E-state index is 11.4. The molecule has 1 aliphatic rings. The molecule has 96 valence electrons. The van der Waals surface area contributed by atoms with Crippen molar-refractivity contribution in [2.24, 2.45) is 0 Å². The largest absolute Gasteiger partial charge is 0.461 e. The van der Waals surface area contributed by atoms with Gasteiger partial charge in [0.05, 0.1) is 0 Å². The number of carbonyl (C=O) groups is 1. The summed E-state index contributed by atoms with van der Waals surface area (Å²) in [6.07, 6.45) is 0.623. The van der Waals surface area contributed by atoms with Gasteiger partial charge in [-0.2, -0.15) is 0 Å². The fraction of sp³-hybridized carbons (Fsp3) is 0.385. The third-order valence-corrected chi connectivity index (χ3v) is 3.03. The Kier molecular flexibility index (Phi) is 4.15. The van der Waals surface area contributed by atoms with Crippen molar-refractivity contribution in [2.75, 3.05) is 0 Å². The average molecular weight is 264 g/mol. The molecule has 0 aromatic heterocycles. The summed E-state index contributed by atoms with van der Waals surface area (Å²) in [5, 5.41) is 6.53. The van der Waals surface area contributed by atoms with Crippen molar-refractivity contribution < 1.29 is 9.53 Å². The van der Waals surface area contributed by atoms with Gasteiger partial charge in [0.25, 0.3) is 0 Å². The Morgan fingerprint density at radius 2 is 2.17 bits per heavy atom. The molecule has 2 N–H and O–H groups in total. The number of nitrogens with one attached hydrogen (secondary N) is 2. The van der Waals surface area contributed by atoms with E-state index in [4.69, 9.17) is 17.0 Å². The number of hydrogen-bond donors (Lipinski definition) is 2. The van der Waals surface area contributed by atoms with Gasteiger partial charge in [-0.25, -0.2) is 4.79 Å². The molecular formula is C13H16N2O2S. The highest BCUT2D eigenvalue weighted by atomic mass is 32.1. The van der Waals surface area contributed by atoms with Crippen molar-refractivity contribution in [3.8, 4) is 0 Å². The van der Waals surface area contributed by atoms with Gasteiger partial charge in [-0.15, -0.1) is 0 Å². The molecule has 0 aliphatic carbocycles. The maximum atomic E-state index is 11.4. The highest BCUT2D eigenvalue weighted by Gasteiger charge is 2.32. The van der Waals surface area contributed by atoms with Gasteiger partial charge in [0.15, 0.2) is 5.11 Å². The van der Waals surface area contributed by atoms with Crippen molar-refractivity contribution in [1.82, 2.24) is 10.6 Å². The van der Waals surface area contributed by atoms with Crippen molar-refractivity contribution in [3.05, 3.63) is 35.9 Å². The number of thiocarbonyl (C=S) groups is 1. The van der Waals surface area contributed by atoms with E-state index < -0.39 is 0 Å². The first kappa shape index (κ1) is 12.8. The molecule has 0 bridgehead atoms. The third-order valence-electron chi connectivity index (χ3n) is 2.77. The van der Waals surface area contributed by atoms with Crippen molar-refractivity contribution in [2.45, 2.75) is 32.0 Å². The van der Waals surface area contributed by atoms with Crippen LogP contribution in [-0.2, 0) is 16.1 Å². The Labute approximate surface area is 112 Å². The summed E-state index contributed by atoms with van der Waals surface area (Å²) in [6.45, 7) is 2.52. The lowest BCUT2D eigenvalue weighted by atomic mass is 10.2. The molecule has 4 nitrogen and oxygen atoms in total. The van der Waals surface area contributed by atoms with Gasteiger partial charge in [-0.1, -0.05) is 30.3 Å². The van der Waals surface area contributed by atoms with Crippen LogP contribution in [0.5, 0.6) is 0 Å². The van der Waals surface area contributed by atoms with E-state index >= 15 is 0 Å². The van der Waals surface area contributed by atoms with Gasteiger partial charge in [-0.05, 0) is 24.7 Å². The van der Waals surface area contributed by atoms with E-state index in [0.29, 0.717) is 18.1 Å². The lowest BCUT2D eigenvalue weighted by Gasteiger charge is -2.13. The monoisotopic (exact) mass is 264 g/mol. The van der Waals surface area contributed by atoms with Gasteiger partial charge in [-0.3, -0.25) is 0 Å². The number of esters is 1. The summed E-state index contributed by atoms with van der Waals surface area (Å²) in [6, 6.07) is 9.63. The first-order valence-electron chi connectivity index (χ1n) is 5.94. The average Bonchev–Trinajstić information content (AvgIpc) is 2.67. The minimum absolute atomic E-state index is 0.0353. The summed E-state index contributed by atoms with van der Waals surface area (Å²) < 4.78 is 5.05. The molecule has 0 unspecified atom stereocenters. The van der Waals surface area contributed by atoms with Gasteiger partial charge in [0.1, 0.15) is 12.1 Å². The van der Waals surface area contributed by atoms with Crippen LogP contribution >= 0.6 is 12.2 Å². The number of cyclic esters (lactones) is 1. The predicted molar refractivity (Wildman–Crippen MR) is 73.0 cm³/mol. The van der Waals surface area contributed by atoms with Crippen LogP contribution in [-0.4, -0.2) is 23.2 Å². The molecule has 18 heavy (non-hydrogen) atoms. The fourth-order valence-corrected chi connectivity index (χ4v) is 2.08. The van der Waals surface area contributed by atoms with Gasteiger partial charge < -0.3 is 15.4 Å². The van der Waals surface area contributed by atoms with Crippen LogP contribution < -0.4 is 10.6 Å². The molecule has 2 rings (SSSR count). The molecule has 1 aromatic rings. The molecule has 2 atom stereocenters. The fourth-order valence-electron chi connectivity index (χ4n) is 1.86. The second-order valence-electron chi connectivity index (χ2n) is 4.35. The van der Waals surface area contributed by atoms with Crippen molar-refractivity contribution in [3.63, 3.8) is 0 Å². The Hall–Kier alpha value is -1.62. The van der Waals surface area contributed by atoms with Crippen LogP contribution in [0.1, 0.15) is 18.9 Å². The molecule has 1 saturated heterocycles. The number of hydrogen-bond acceptors (Lipinski definition) is 3. The molecular weight excluding hydrogens is 248 g/mol. The predicted octanol–water partition coefficient (Wildman–Crippen LogP) is 1.35. The third kappa shape index (κ3) is 3.43. The summed E-state index contributed by atoms with van der Waals surface area (Å²) in [7, 11) is 0. The summed E-state index contributed by atoms with van der Waals surface area (Å²) in [5.41, 5.74) is 1.14. The second kappa shape index (κ2) is 5.82. The van der Waals surface area contributed by atoms with Crippen LogP contribution in [0.3, 0.4) is 0 Å². The van der Waals surface area contributed by atoms with E-state index in [9.17, 15) is 4.79 Å². The van der Waals surface area contributed by atoms with Crippen LogP contribution in [0.2, 0.25) is 0 Å². The zero-order chi connectivity index (χ0) is 13.0. The molecule has 0 amide bonds. The minimum Gasteiger partial charge on any atom is -0.461 e. The van der Waals surface area contributed by atoms with Crippen molar-refractivity contribution >= 4 is 23.3 Å². The first-order valence-corrected chi connectivity index (χ1v) is 6.35. The highest BCUT2D eigenvalue weighted by Crippen LogP contribution is 2.13. The maximum Gasteiger partial charge on any atom is 0.329 e. The lowest BCUT2D eigenvalue weighted by molar-refractivity contribution is -0.142. The Morgan fingerprint density at radius 3 is 2.78 bits per heavy atom. The van der Waals surface area contributed by atoms with Crippen LogP contribution in [0, 0.1) is 0 Å². The molecule has 1 aromatic carbocycles. The summed E-state index contributed by atoms with van der Waals surface area (Å²) >= 11 is 5.15. The van der Waals surface area contributed by atoms with Gasteiger partial charge in [0.2, 0.25) is 0 Å². The van der Waals surface area contributed by atoms with E-state index in [1.54, 1.807) is 0 Å². The number of rotatable bonds is 3. The summed E-state index contributed by atoms with van der Waals surface area (Å²) in [4.78, 5) is 11.4. The van der Waals surface area contributed by atoms with Gasteiger partial charge in [0, 0.05) is 13.0 Å². The smallest absolute Gasteiger partial charge is 0.329 e. The highest BCUT2D eigenvalue weighted by molar-refractivity contribution is 7.80. The molecule has 1 aliphatic heterocycles. The topological polar surface area (TPSA) is 50.4 Å². The number of carbonyl (C=O) groups excluding carboxylic acids is 1. The molecule has 0 radical (unpaired) electrons. The zero-order valence-electron chi connectivity index (χ0n) is 10.2. The summed E-state index contributed by atoms with van der Waals surface area (Å²) in [5.74, 6) is -0.230. The molecule has 5 heteroatoms.